The van der Waals surface area contributed by atoms with Crippen molar-refractivity contribution in [3.8, 4) is 5.75 Å². The van der Waals surface area contributed by atoms with Gasteiger partial charge in [-0.2, -0.15) is 0 Å². The van der Waals surface area contributed by atoms with Gasteiger partial charge in [0.2, 0.25) is 0 Å². The predicted octanol–water partition coefficient (Wildman–Crippen LogP) is 0.762. The first kappa shape index (κ1) is 12.4. The molecule has 1 aromatic carbocycles. The van der Waals surface area contributed by atoms with Gasteiger partial charge in [-0.15, -0.1) is 0 Å². The van der Waals surface area contributed by atoms with Crippen LogP contribution in [0, 0.1) is 0 Å². The number of nitrogens with zero attached hydrogens (tertiary/aromatic N) is 1. The molecule has 1 aliphatic heterocycles. The Labute approximate surface area is 102 Å². The van der Waals surface area contributed by atoms with E-state index in [-0.39, 0.29) is 6.04 Å². The third-order valence-electron chi connectivity index (χ3n) is 3.22. The van der Waals surface area contributed by atoms with Gasteiger partial charge in [0.25, 0.3) is 0 Å². The van der Waals surface area contributed by atoms with Crippen LogP contribution in [0.2, 0.25) is 0 Å². The minimum atomic E-state index is -0.476. The maximum atomic E-state index is 10.1. The lowest BCUT2D eigenvalue weighted by Crippen LogP contribution is -2.30. The second-order valence-electron chi connectivity index (χ2n) is 4.60. The highest BCUT2D eigenvalue weighted by Gasteiger charge is 2.21. The molecule has 0 radical (unpaired) electrons. The number of likely N-dealkylation sites (tertiary alicyclic amines) is 1. The Bertz CT molecular complexity index is 370. The van der Waals surface area contributed by atoms with E-state index >= 15 is 0 Å². The van der Waals surface area contributed by atoms with Gasteiger partial charge in [0.15, 0.2) is 0 Å². The lowest BCUT2D eigenvalue weighted by atomic mass is 10.1. The summed E-state index contributed by atoms with van der Waals surface area (Å²) in [7, 11) is 1.63. The Morgan fingerprint density at radius 1 is 1.59 bits per heavy atom. The fraction of sp³-hybridized carbons (Fsp3) is 0.538. The molecule has 1 heterocycles. The number of ether oxygens (including phenoxy) is 1. The molecule has 2 atom stereocenters. The summed E-state index contributed by atoms with van der Waals surface area (Å²) in [5, 5.41) is 10.1. The van der Waals surface area contributed by atoms with Gasteiger partial charge in [0.1, 0.15) is 5.75 Å². The maximum absolute atomic E-state index is 10.1. The lowest BCUT2D eigenvalue weighted by molar-refractivity contribution is 0.125. The van der Waals surface area contributed by atoms with E-state index in [0.717, 1.165) is 30.8 Å². The molecule has 0 spiro atoms. The summed E-state index contributed by atoms with van der Waals surface area (Å²) >= 11 is 0. The zero-order valence-corrected chi connectivity index (χ0v) is 10.2. The summed E-state index contributed by atoms with van der Waals surface area (Å²) < 4.78 is 5.15. The molecule has 1 saturated heterocycles. The molecule has 0 amide bonds. The minimum Gasteiger partial charge on any atom is -0.497 e. The molecule has 94 valence electrons. The predicted molar refractivity (Wildman–Crippen MR) is 67.0 cm³/mol. The van der Waals surface area contributed by atoms with Crippen LogP contribution in [0.15, 0.2) is 24.3 Å². The van der Waals surface area contributed by atoms with E-state index in [1.165, 1.54) is 0 Å². The fourth-order valence-electron chi connectivity index (χ4n) is 2.23. The van der Waals surface area contributed by atoms with E-state index < -0.39 is 6.10 Å². The zero-order chi connectivity index (χ0) is 12.3. The van der Waals surface area contributed by atoms with Crippen molar-refractivity contribution in [3.05, 3.63) is 29.8 Å². The third kappa shape index (κ3) is 3.19. The molecule has 1 unspecified atom stereocenters. The first-order chi connectivity index (χ1) is 8.19. The number of methoxy groups -OCH3 is 1. The molecule has 1 aromatic rings. The van der Waals surface area contributed by atoms with Crippen molar-refractivity contribution in [1.29, 1.82) is 0 Å². The summed E-state index contributed by atoms with van der Waals surface area (Å²) in [6.45, 7) is 2.49. The van der Waals surface area contributed by atoms with Gasteiger partial charge in [0, 0.05) is 19.1 Å². The molecule has 17 heavy (non-hydrogen) atoms. The van der Waals surface area contributed by atoms with Crippen molar-refractivity contribution in [2.24, 2.45) is 5.73 Å². The number of aliphatic hydroxyl groups is 1. The number of benzene rings is 1. The molecule has 2 rings (SSSR count). The van der Waals surface area contributed by atoms with Gasteiger partial charge in [0.05, 0.1) is 13.2 Å². The average molecular weight is 236 g/mol. The summed E-state index contributed by atoms with van der Waals surface area (Å²) in [6.07, 6.45) is 0.542. The Morgan fingerprint density at radius 2 is 2.41 bits per heavy atom. The Hall–Kier alpha value is -1.10. The van der Waals surface area contributed by atoms with Gasteiger partial charge >= 0.3 is 0 Å². The number of rotatable bonds is 4. The van der Waals surface area contributed by atoms with E-state index in [1.54, 1.807) is 7.11 Å². The van der Waals surface area contributed by atoms with Crippen LogP contribution >= 0.6 is 0 Å². The van der Waals surface area contributed by atoms with Crippen LogP contribution in [0.5, 0.6) is 5.75 Å². The maximum Gasteiger partial charge on any atom is 0.119 e. The van der Waals surface area contributed by atoms with E-state index in [9.17, 15) is 5.11 Å². The molecule has 1 fully saturated rings. The van der Waals surface area contributed by atoms with Crippen molar-refractivity contribution < 1.29 is 9.84 Å². The number of hydrogen-bond donors (Lipinski definition) is 2. The second kappa shape index (κ2) is 5.49. The van der Waals surface area contributed by atoms with Crippen molar-refractivity contribution in [2.75, 3.05) is 26.7 Å². The molecule has 4 heteroatoms. The van der Waals surface area contributed by atoms with Crippen molar-refractivity contribution in [2.45, 2.75) is 18.6 Å². The number of nitrogens with two attached hydrogens (primary N) is 1. The molecule has 0 aromatic heterocycles. The smallest absolute Gasteiger partial charge is 0.119 e. The quantitative estimate of drug-likeness (QED) is 0.810. The average Bonchev–Trinajstić information content (AvgIpc) is 2.75. The minimum absolute atomic E-state index is 0.257. The van der Waals surface area contributed by atoms with Gasteiger partial charge in [-0.25, -0.2) is 0 Å². The Morgan fingerprint density at radius 3 is 3.06 bits per heavy atom. The SMILES string of the molecule is COc1cccc(C(O)CN2CC[C@@H](N)C2)c1. The number of aliphatic hydroxyl groups excluding tert-OH is 1. The molecule has 0 aliphatic carbocycles. The Kier molecular flexibility index (Phi) is 3.99. The van der Waals surface area contributed by atoms with Crippen LogP contribution in [-0.2, 0) is 0 Å². The number of β-amino-alcohol motifs (C(OH)–C–C–N with tert-alkyl or cyclic N) is 1. The molecule has 1 aliphatic rings. The largest absolute Gasteiger partial charge is 0.497 e. The molecular weight excluding hydrogens is 216 g/mol. The van der Waals surface area contributed by atoms with Crippen LogP contribution in [0.25, 0.3) is 0 Å². The van der Waals surface area contributed by atoms with Crippen LogP contribution in [0.1, 0.15) is 18.1 Å². The highest BCUT2D eigenvalue weighted by atomic mass is 16.5. The summed E-state index contributed by atoms with van der Waals surface area (Å²) in [4.78, 5) is 2.20. The first-order valence-electron chi connectivity index (χ1n) is 5.99. The van der Waals surface area contributed by atoms with E-state index in [4.69, 9.17) is 10.5 Å². The molecular formula is C13H20N2O2. The fourth-order valence-corrected chi connectivity index (χ4v) is 2.23. The number of hydrogen-bond acceptors (Lipinski definition) is 4. The topological polar surface area (TPSA) is 58.7 Å². The van der Waals surface area contributed by atoms with E-state index in [1.807, 2.05) is 24.3 Å². The van der Waals surface area contributed by atoms with Gasteiger partial charge in [-0.05, 0) is 30.7 Å². The van der Waals surface area contributed by atoms with Crippen LogP contribution in [-0.4, -0.2) is 42.8 Å². The summed E-state index contributed by atoms with van der Waals surface area (Å²) in [5.41, 5.74) is 6.74. The van der Waals surface area contributed by atoms with Crippen molar-refractivity contribution >= 4 is 0 Å². The van der Waals surface area contributed by atoms with Gasteiger partial charge in [-0.1, -0.05) is 12.1 Å². The van der Waals surface area contributed by atoms with Crippen LogP contribution < -0.4 is 10.5 Å². The van der Waals surface area contributed by atoms with Gasteiger partial charge < -0.3 is 15.6 Å². The van der Waals surface area contributed by atoms with E-state index in [2.05, 4.69) is 4.90 Å². The highest BCUT2D eigenvalue weighted by molar-refractivity contribution is 5.29. The normalized spacial score (nSPS) is 22.6. The second-order valence-corrected chi connectivity index (χ2v) is 4.60. The van der Waals surface area contributed by atoms with Crippen molar-refractivity contribution in [1.82, 2.24) is 4.90 Å². The summed E-state index contributed by atoms with van der Waals surface area (Å²) in [5.74, 6) is 0.777. The van der Waals surface area contributed by atoms with Gasteiger partial charge in [-0.3, -0.25) is 4.90 Å². The van der Waals surface area contributed by atoms with E-state index in [0.29, 0.717) is 6.54 Å². The first-order valence-corrected chi connectivity index (χ1v) is 5.99. The molecule has 0 saturated carbocycles. The molecule has 0 bridgehead atoms. The third-order valence-corrected chi connectivity index (χ3v) is 3.22. The monoisotopic (exact) mass is 236 g/mol. The van der Waals surface area contributed by atoms with Crippen molar-refractivity contribution in [3.63, 3.8) is 0 Å². The zero-order valence-electron chi connectivity index (χ0n) is 10.2. The summed E-state index contributed by atoms with van der Waals surface area (Å²) in [6, 6.07) is 7.83. The standard InChI is InChI=1S/C13H20N2O2/c1-17-12-4-2-3-10(7-12)13(16)9-15-6-5-11(14)8-15/h2-4,7,11,13,16H,5-6,8-9,14H2,1H3/t11-,13?/m1/s1. The highest BCUT2D eigenvalue weighted by Crippen LogP contribution is 2.21. The molecule has 4 nitrogen and oxygen atoms in total. The van der Waals surface area contributed by atoms with Crippen LogP contribution in [0.3, 0.4) is 0 Å². The Balaban J connectivity index is 1.96. The lowest BCUT2D eigenvalue weighted by Gasteiger charge is -2.20. The van der Waals surface area contributed by atoms with Crippen LogP contribution in [0.4, 0.5) is 0 Å². The molecule has 3 N–H and O–H groups in total.